The maximum Gasteiger partial charge on any atom is 0.337 e. The molecule has 2 aromatic carbocycles. The van der Waals surface area contributed by atoms with Crippen molar-refractivity contribution in [3.8, 4) is 22.8 Å². The summed E-state index contributed by atoms with van der Waals surface area (Å²) < 4.78 is 22.0. The minimum absolute atomic E-state index is 0.0476. The van der Waals surface area contributed by atoms with Crippen LogP contribution in [-0.2, 0) is 9.53 Å². The van der Waals surface area contributed by atoms with Gasteiger partial charge in [0.05, 0.1) is 42.1 Å². The van der Waals surface area contributed by atoms with Gasteiger partial charge in [0.15, 0.2) is 17.7 Å². The largest absolute Gasteiger partial charge is 0.490 e. The SMILES string of the molecule is CCOc1cc([C@@H]2NC(=O)NC(C)=C2C(=O)OC)ccc1OC[C@H](O)N/N=C/c1ccc(-c2ccc(Cl)c(C(=O)O)c2)o1. The van der Waals surface area contributed by atoms with Crippen LogP contribution in [0.15, 0.2) is 69.3 Å². The molecule has 4 rings (SSSR count). The van der Waals surface area contributed by atoms with Crippen molar-refractivity contribution in [2.75, 3.05) is 20.3 Å². The van der Waals surface area contributed by atoms with E-state index in [0.29, 0.717) is 46.5 Å². The Bertz CT molecular complexity index is 1580. The quantitative estimate of drug-likeness (QED) is 0.0873. The molecular weight excluding hydrogens is 584 g/mol. The number of hydrogen-bond acceptors (Lipinski definition) is 10. The van der Waals surface area contributed by atoms with E-state index >= 15 is 0 Å². The summed E-state index contributed by atoms with van der Waals surface area (Å²) in [4.78, 5) is 35.9. The van der Waals surface area contributed by atoms with Crippen molar-refractivity contribution in [1.29, 1.82) is 0 Å². The van der Waals surface area contributed by atoms with Gasteiger partial charge in [0.25, 0.3) is 0 Å². The highest BCUT2D eigenvalue weighted by atomic mass is 35.5. The first-order valence-electron chi connectivity index (χ1n) is 13.0. The summed E-state index contributed by atoms with van der Waals surface area (Å²) in [5.74, 6) is -0.342. The summed E-state index contributed by atoms with van der Waals surface area (Å²) in [5, 5.41) is 29.0. The van der Waals surface area contributed by atoms with E-state index in [-0.39, 0.29) is 22.8 Å². The zero-order valence-electron chi connectivity index (χ0n) is 23.3. The van der Waals surface area contributed by atoms with E-state index < -0.39 is 30.2 Å². The number of ether oxygens (including phenoxy) is 3. The average Bonchev–Trinajstić information content (AvgIpc) is 3.45. The monoisotopic (exact) mass is 612 g/mol. The number of nitrogens with one attached hydrogen (secondary N) is 3. The van der Waals surface area contributed by atoms with Crippen LogP contribution < -0.4 is 25.5 Å². The van der Waals surface area contributed by atoms with Crippen LogP contribution in [0, 0.1) is 0 Å². The molecule has 0 aliphatic carbocycles. The van der Waals surface area contributed by atoms with Gasteiger partial charge in [-0.2, -0.15) is 5.10 Å². The van der Waals surface area contributed by atoms with Gasteiger partial charge in [-0.05, 0) is 61.9 Å². The third-order valence-corrected chi connectivity index (χ3v) is 6.53. The number of rotatable bonds is 12. The molecule has 0 bridgehead atoms. The molecule has 0 saturated carbocycles. The van der Waals surface area contributed by atoms with Crippen LogP contribution in [0.3, 0.4) is 0 Å². The molecule has 226 valence electrons. The van der Waals surface area contributed by atoms with Gasteiger partial charge in [-0.25, -0.2) is 14.4 Å². The topological polar surface area (TPSA) is 181 Å². The van der Waals surface area contributed by atoms with Crippen LogP contribution in [0.5, 0.6) is 11.5 Å². The number of aliphatic hydroxyl groups is 1. The van der Waals surface area contributed by atoms with E-state index in [1.165, 1.54) is 25.5 Å². The summed E-state index contributed by atoms with van der Waals surface area (Å²) in [7, 11) is 1.26. The molecule has 0 saturated heterocycles. The Kier molecular flexibility index (Phi) is 9.91. The molecule has 0 radical (unpaired) electrons. The summed E-state index contributed by atoms with van der Waals surface area (Å²) in [6.45, 7) is 3.49. The van der Waals surface area contributed by atoms with E-state index in [0.717, 1.165) is 0 Å². The third-order valence-electron chi connectivity index (χ3n) is 6.20. The number of carboxylic acid groups (broad SMARTS) is 1. The molecule has 1 aliphatic rings. The molecule has 14 heteroatoms. The van der Waals surface area contributed by atoms with Crippen molar-refractivity contribution < 1.29 is 43.2 Å². The summed E-state index contributed by atoms with van der Waals surface area (Å²) in [6, 6.07) is 11.4. The average molecular weight is 613 g/mol. The van der Waals surface area contributed by atoms with Crippen LogP contribution in [-0.4, -0.2) is 60.9 Å². The number of halogens is 1. The molecule has 2 atom stereocenters. The smallest absolute Gasteiger partial charge is 0.337 e. The third kappa shape index (κ3) is 7.45. The second-order valence-corrected chi connectivity index (χ2v) is 9.52. The van der Waals surface area contributed by atoms with E-state index in [1.807, 2.05) is 0 Å². The maximum atomic E-state index is 12.4. The number of nitrogens with zero attached hydrogens (tertiary/aromatic N) is 1. The number of esters is 1. The molecule has 13 nitrogen and oxygen atoms in total. The normalized spacial score (nSPS) is 15.5. The standard InChI is InChI=1S/C29H29ClN4O9/c1-4-41-23-12-17(26-25(28(38)40-3)15(2)32-29(39)33-26)6-9-22(23)42-14-24(35)34-31-13-18-7-10-21(43-18)16-5-8-20(30)19(11-16)27(36)37/h5-13,24,26,34-35H,4,14H2,1-3H3,(H,36,37)(H2,32,33,39)/b31-13+/t24-,26-/m0/s1. The number of hydrazone groups is 1. The van der Waals surface area contributed by atoms with Crippen LogP contribution in [0.1, 0.15) is 41.6 Å². The van der Waals surface area contributed by atoms with E-state index in [1.54, 1.807) is 50.2 Å². The minimum Gasteiger partial charge on any atom is -0.490 e. The lowest BCUT2D eigenvalue weighted by Gasteiger charge is -2.28. The van der Waals surface area contributed by atoms with E-state index in [4.69, 9.17) is 30.2 Å². The van der Waals surface area contributed by atoms with Crippen molar-refractivity contribution in [3.63, 3.8) is 0 Å². The Morgan fingerprint density at radius 3 is 2.67 bits per heavy atom. The number of carbonyl (C=O) groups excluding carboxylic acids is 2. The molecule has 0 fully saturated rings. The van der Waals surface area contributed by atoms with Crippen molar-refractivity contribution >= 4 is 35.8 Å². The highest BCUT2D eigenvalue weighted by molar-refractivity contribution is 6.33. The number of aromatic carboxylic acids is 1. The molecule has 0 unspecified atom stereocenters. The zero-order chi connectivity index (χ0) is 31.1. The Balaban J connectivity index is 1.39. The molecule has 2 amide bonds. The first-order chi connectivity index (χ1) is 20.6. The van der Waals surface area contributed by atoms with Gasteiger partial charge in [-0.1, -0.05) is 17.7 Å². The van der Waals surface area contributed by atoms with Gasteiger partial charge in [-0.3, -0.25) is 5.43 Å². The number of urea groups is 1. The molecule has 1 aliphatic heterocycles. The van der Waals surface area contributed by atoms with Gasteiger partial charge in [0.1, 0.15) is 18.1 Å². The maximum absolute atomic E-state index is 12.4. The number of hydrogen-bond donors (Lipinski definition) is 5. The number of carboxylic acids is 1. The Morgan fingerprint density at radius 1 is 1.16 bits per heavy atom. The zero-order valence-corrected chi connectivity index (χ0v) is 24.1. The molecule has 2 heterocycles. The fourth-order valence-corrected chi connectivity index (χ4v) is 4.43. The Morgan fingerprint density at radius 2 is 1.95 bits per heavy atom. The molecule has 1 aromatic heterocycles. The highest BCUT2D eigenvalue weighted by Crippen LogP contribution is 2.35. The van der Waals surface area contributed by atoms with Gasteiger partial charge in [0, 0.05) is 11.3 Å². The van der Waals surface area contributed by atoms with Gasteiger partial charge < -0.3 is 39.5 Å². The molecule has 5 N–H and O–H groups in total. The van der Waals surface area contributed by atoms with Crippen molar-refractivity contribution in [2.24, 2.45) is 5.10 Å². The number of allylic oxidation sites excluding steroid dienone is 1. The summed E-state index contributed by atoms with van der Waals surface area (Å²) in [6.07, 6.45) is 0.123. The highest BCUT2D eigenvalue weighted by Gasteiger charge is 2.32. The molecule has 3 aromatic rings. The fourth-order valence-electron chi connectivity index (χ4n) is 4.23. The summed E-state index contributed by atoms with van der Waals surface area (Å²) in [5.41, 5.74) is 4.18. The first-order valence-corrected chi connectivity index (χ1v) is 13.3. The fraction of sp³-hybridized carbons (Fsp3) is 0.241. The van der Waals surface area contributed by atoms with Crippen LogP contribution >= 0.6 is 11.6 Å². The van der Waals surface area contributed by atoms with Crippen molar-refractivity contribution in [2.45, 2.75) is 26.1 Å². The number of benzene rings is 2. The lowest BCUT2D eigenvalue weighted by molar-refractivity contribution is -0.136. The van der Waals surface area contributed by atoms with Gasteiger partial charge >= 0.3 is 18.0 Å². The predicted molar refractivity (Wildman–Crippen MR) is 155 cm³/mol. The number of furan rings is 1. The Labute approximate surface area is 251 Å². The van der Waals surface area contributed by atoms with Crippen molar-refractivity contribution in [1.82, 2.24) is 16.1 Å². The second-order valence-electron chi connectivity index (χ2n) is 9.12. The van der Waals surface area contributed by atoms with Gasteiger partial charge in [-0.15, -0.1) is 0 Å². The van der Waals surface area contributed by atoms with Crippen LogP contribution in [0.2, 0.25) is 5.02 Å². The lowest BCUT2D eigenvalue weighted by atomic mass is 9.95. The molecule has 0 spiro atoms. The number of carbonyl (C=O) groups is 3. The van der Waals surface area contributed by atoms with Gasteiger partial charge in [0.2, 0.25) is 0 Å². The molecule has 43 heavy (non-hydrogen) atoms. The Hall–Kier alpha value is -5.01. The van der Waals surface area contributed by atoms with Crippen LogP contribution in [0.25, 0.3) is 11.3 Å². The van der Waals surface area contributed by atoms with E-state index in [9.17, 15) is 24.6 Å². The van der Waals surface area contributed by atoms with E-state index in [2.05, 4.69) is 21.2 Å². The number of aliphatic hydroxyl groups excluding tert-OH is 1. The number of amides is 2. The van der Waals surface area contributed by atoms with Crippen LogP contribution in [0.4, 0.5) is 4.79 Å². The minimum atomic E-state index is -1.21. The lowest BCUT2D eigenvalue weighted by Crippen LogP contribution is -2.45. The van der Waals surface area contributed by atoms with Crippen molar-refractivity contribution in [3.05, 3.63) is 81.7 Å². The first kappa shape index (κ1) is 30.9. The summed E-state index contributed by atoms with van der Waals surface area (Å²) >= 11 is 5.93. The number of methoxy groups -OCH3 is 1. The second kappa shape index (κ2) is 13.8. The predicted octanol–water partition coefficient (Wildman–Crippen LogP) is 3.82. The molecular formula is C29H29ClN4O9.